The van der Waals surface area contributed by atoms with E-state index in [0.717, 1.165) is 42.9 Å². The van der Waals surface area contributed by atoms with E-state index in [0.29, 0.717) is 25.8 Å². The SMILES string of the molecule is O=C(CN1CCC(c2nc3cc(Cl)ccc3o2)CC1)Nc1c(Cl)cc(Cl)cc1Cl. The number of oxazole rings is 1. The number of anilines is 1. The van der Waals surface area contributed by atoms with Gasteiger partial charge in [0.15, 0.2) is 11.5 Å². The Morgan fingerprint density at radius 3 is 2.45 bits per heavy atom. The van der Waals surface area contributed by atoms with Crippen LogP contribution in [0.5, 0.6) is 0 Å². The van der Waals surface area contributed by atoms with Gasteiger partial charge < -0.3 is 9.73 Å². The molecule has 1 aromatic heterocycles. The minimum absolute atomic E-state index is 0.175. The van der Waals surface area contributed by atoms with Crippen LogP contribution in [0.15, 0.2) is 34.7 Å². The summed E-state index contributed by atoms with van der Waals surface area (Å²) in [5.41, 5.74) is 1.89. The molecule has 1 aliphatic rings. The summed E-state index contributed by atoms with van der Waals surface area (Å²) in [5, 5.41) is 4.45. The lowest BCUT2D eigenvalue weighted by Gasteiger charge is -2.30. The first-order valence-electron chi connectivity index (χ1n) is 9.12. The molecule has 0 saturated carbocycles. The van der Waals surface area contributed by atoms with Crippen molar-refractivity contribution in [2.24, 2.45) is 0 Å². The topological polar surface area (TPSA) is 58.4 Å². The molecule has 2 aromatic carbocycles. The summed E-state index contributed by atoms with van der Waals surface area (Å²) in [5.74, 6) is 0.776. The van der Waals surface area contributed by atoms with Gasteiger partial charge >= 0.3 is 0 Å². The molecule has 1 amide bonds. The maximum absolute atomic E-state index is 12.4. The van der Waals surface area contributed by atoms with E-state index in [2.05, 4.69) is 15.2 Å². The number of hydrogen-bond acceptors (Lipinski definition) is 4. The minimum atomic E-state index is -0.175. The van der Waals surface area contributed by atoms with Gasteiger partial charge in [-0.3, -0.25) is 9.69 Å². The van der Waals surface area contributed by atoms with Crippen LogP contribution in [0.3, 0.4) is 0 Å². The lowest BCUT2D eigenvalue weighted by atomic mass is 9.97. The normalized spacial score (nSPS) is 15.7. The molecule has 1 fully saturated rings. The van der Waals surface area contributed by atoms with Gasteiger partial charge in [-0.1, -0.05) is 46.4 Å². The molecule has 3 aromatic rings. The second-order valence-corrected chi connectivity index (χ2v) is 8.69. The Balaban J connectivity index is 1.34. The monoisotopic (exact) mass is 471 g/mol. The summed E-state index contributed by atoms with van der Waals surface area (Å²) in [6.07, 6.45) is 1.71. The highest BCUT2D eigenvalue weighted by Gasteiger charge is 2.26. The predicted octanol–water partition coefficient (Wildman–Crippen LogP) is 6.26. The molecular weight excluding hydrogens is 456 g/mol. The van der Waals surface area contributed by atoms with Gasteiger partial charge in [-0.25, -0.2) is 4.98 Å². The summed E-state index contributed by atoms with van der Waals surface area (Å²) >= 11 is 24.2. The fraction of sp³-hybridized carbons (Fsp3) is 0.300. The molecule has 0 aliphatic carbocycles. The molecule has 0 unspecified atom stereocenters. The van der Waals surface area contributed by atoms with Crippen LogP contribution in [0.1, 0.15) is 24.7 Å². The fourth-order valence-electron chi connectivity index (χ4n) is 3.47. The van der Waals surface area contributed by atoms with E-state index >= 15 is 0 Å². The molecule has 4 rings (SSSR count). The zero-order chi connectivity index (χ0) is 20.5. The number of rotatable bonds is 4. The molecule has 29 heavy (non-hydrogen) atoms. The van der Waals surface area contributed by atoms with Crippen LogP contribution >= 0.6 is 46.4 Å². The average Bonchev–Trinajstić information content (AvgIpc) is 3.08. The number of likely N-dealkylation sites (tertiary alicyclic amines) is 1. The summed E-state index contributed by atoms with van der Waals surface area (Å²) in [7, 11) is 0. The molecular formula is C20H17Cl4N3O2. The van der Waals surface area contributed by atoms with Crippen molar-refractivity contribution in [3.8, 4) is 0 Å². The molecule has 0 bridgehead atoms. The molecule has 1 saturated heterocycles. The standard InChI is InChI=1S/C20H17Cl4N3O2/c21-12-1-2-17-16(9-12)25-20(29-17)11-3-5-27(6-4-11)10-18(28)26-19-14(23)7-13(22)8-15(19)24/h1-2,7-9,11H,3-6,10H2,(H,26,28). The van der Waals surface area contributed by atoms with E-state index < -0.39 is 0 Å². The van der Waals surface area contributed by atoms with Crippen LogP contribution in [0, 0.1) is 0 Å². The number of nitrogens with one attached hydrogen (secondary N) is 1. The summed E-state index contributed by atoms with van der Waals surface area (Å²) < 4.78 is 5.89. The Bertz CT molecular complexity index is 1040. The lowest BCUT2D eigenvalue weighted by Crippen LogP contribution is -2.38. The van der Waals surface area contributed by atoms with Crippen LogP contribution in [0.2, 0.25) is 20.1 Å². The number of fused-ring (bicyclic) bond motifs is 1. The van der Waals surface area contributed by atoms with E-state index in [9.17, 15) is 4.79 Å². The third-order valence-corrected chi connectivity index (χ3v) is 5.99. The first-order chi connectivity index (χ1) is 13.9. The van der Waals surface area contributed by atoms with Gasteiger partial charge in [0, 0.05) is 16.0 Å². The van der Waals surface area contributed by atoms with Gasteiger partial charge in [-0.15, -0.1) is 0 Å². The zero-order valence-electron chi connectivity index (χ0n) is 15.2. The number of piperidine rings is 1. The third-order valence-electron chi connectivity index (χ3n) is 4.94. The Morgan fingerprint density at radius 1 is 1.07 bits per heavy atom. The number of amides is 1. The lowest BCUT2D eigenvalue weighted by molar-refractivity contribution is -0.117. The van der Waals surface area contributed by atoms with Crippen LogP contribution in [0.4, 0.5) is 5.69 Å². The highest BCUT2D eigenvalue weighted by molar-refractivity contribution is 6.42. The highest BCUT2D eigenvalue weighted by atomic mass is 35.5. The molecule has 0 spiro atoms. The van der Waals surface area contributed by atoms with Crippen molar-refractivity contribution >= 4 is 69.1 Å². The van der Waals surface area contributed by atoms with Gasteiger partial charge in [-0.2, -0.15) is 0 Å². The second-order valence-electron chi connectivity index (χ2n) is 7.01. The van der Waals surface area contributed by atoms with Crippen molar-refractivity contribution in [2.45, 2.75) is 18.8 Å². The average molecular weight is 473 g/mol. The Kier molecular flexibility index (Phi) is 6.23. The molecule has 1 aliphatic heterocycles. The maximum Gasteiger partial charge on any atom is 0.238 e. The van der Waals surface area contributed by atoms with E-state index in [1.807, 2.05) is 6.07 Å². The highest BCUT2D eigenvalue weighted by Crippen LogP contribution is 2.34. The Morgan fingerprint density at radius 2 is 1.76 bits per heavy atom. The molecule has 2 heterocycles. The van der Waals surface area contributed by atoms with Gasteiger partial charge in [-0.05, 0) is 56.3 Å². The Hall–Kier alpha value is -1.50. The first-order valence-corrected chi connectivity index (χ1v) is 10.6. The predicted molar refractivity (Wildman–Crippen MR) is 118 cm³/mol. The van der Waals surface area contributed by atoms with Crippen molar-refractivity contribution in [3.05, 3.63) is 56.3 Å². The van der Waals surface area contributed by atoms with E-state index in [4.69, 9.17) is 50.8 Å². The minimum Gasteiger partial charge on any atom is -0.440 e. The molecule has 152 valence electrons. The summed E-state index contributed by atoms with van der Waals surface area (Å²) in [6, 6.07) is 8.52. The number of nitrogens with zero attached hydrogens (tertiary/aromatic N) is 2. The summed E-state index contributed by atoms with van der Waals surface area (Å²) in [6.45, 7) is 1.78. The van der Waals surface area contributed by atoms with Crippen molar-refractivity contribution in [1.82, 2.24) is 9.88 Å². The quantitative estimate of drug-likeness (QED) is 0.486. The first kappa shape index (κ1) is 20.8. The van der Waals surface area contributed by atoms with Gasteiger partial charge in [0.25, 0.3) is 0 Å². The van der Waals surface area contributed by atoms with Gasteiger partial charge in [0.1, 0.15) is 5.52 Å². The summed E-state index contributed by atoms with van der Waals surface area (Å²) in [4.78, 5) is 19.1. The smallest absolute Gasteiger partial charge is 0.238 e. The molecule has 1 N–H and O–H groups in total. The maximum atomic E-state index is 12.4. The van der Waals surface area contributed by atoms with Crippen molar-refractivity contribution in [3.63, 3.8) is 0 Å². The van der Waals surface area contributed by atoms with Crippen molar-refractivity contribution in [2.75, 3.05) is 25.0 Å². The van der Waals surface area contributed by atoms with Crippen LogP contribution in [-0.4, -0.2) is 35.4 Å². The molecule has 0 atom stereocenters. The van der Waals surface area contributed by atoms with Gasteiger partial charge in [0.2, 0.25) is 5.91 Å². The largest absolute Gasteiger partial charge is 0.440 e. The van der Waals surface area contributed by atoms with Crippen LogP contribution in [-0.2, 0) is 4.79 Å². The van der Waals surface area contributed by atoms with Gasteiger partial charge in [0.05, 0.1) is 22.3 Å². The molecule has 5 nitrogen and oxygen atoms in total. The fourth-order valence-corrected chi connectivity index (χ4v) is 4.55. The molecule has 9 heteroatoms. The van der Waals surface area contributed by atoms with Crippen molar-refractivity contribution < 1.29 is 9.21 Å². The Labute approximate surface area is 187 Å². The number of halogens is 4. The number of hydrogen-bond donors (Lipinski definition) is 1. The van der Waals surface area contributed by atoms with E-state index in [1.165, 1.54) is 0 Å². The van der Waals surface area contributed by atoms with Crippen LogP contribution in [0.25, 0.3) is 11.1 Å². The van der Waals surface area contributed by atoms with E-state index in [1.54, 1.807) is 24.3 Å². The number of carbonyl (C=O) groups is 1. The zero-order valence-corrected chi connectivity index (χ0v) is 18.2. The number of aromatic nitrogens is 1. The number of benzene rings is 2. The van der Waals surface area contributed by atoms with Crippen LogP contribution < -0.4 is 5.32 Å². The van der Waals surface area contributed by atoms with E-state index in [-0.39, 0.29) is 18.4 Å². The van der Waals surface area contributed by atoms with Crippen molar-refractivity contribution in [1.29, 1.82) is 0 Å². The molecule has 0 radical (unpaired) electrons. The number of carbonyl (C=O) groups excluding carboxylic acids is 1. The third kappa shape index (κ3) is 4.81. The second kappa shape index (κ2) is 8.70.